The Hall–Kier alpha value is -1.36. The quantitative estimate of drug-likeness (QED) is 0.947. The lowest BCUT2D eigenvalue weighted by molar-refractivity contribution is 0.0697. The van der Waals surface area contributed by atoms with E-state index in [9.17, 15) is 4.79 Å². The van der Waals surface area contributed by atoms with Crippen molar-refractivity contribution < 1.29 is 9.90 Å². The van der Waals surface area contributed by atoms with Gasteiger partial charge in [-0.2, -0.15) is 5.10 Å². The first-order chi connectivity index (χ1) is 8.15. The van der Waals surface area contributed by atoms with Crippen LogP contribution < -0.4 is 0 Å². The van der Waals surface area contributed by atoms with E-state index in [2.05, 4.69) is 21.0 Å². The van der Waals surface area contributed by atoms with Gasteiger partial charge in [0.1, 0.15) is 0 Å². The van der Waals surface area contributed by atoms with Crippen LogP contribution in [0, 0.1) is 5.92 Å². The lowest BCUT2D eigenvalue weighted by atomic mass is 10.1. The van der Waals surface area contributed by atoms with E-state index in [0.717, 1.165) is 21.9 Å². The van der Waals surface area contributed by atoms with Crippen LogP contribution in [-0.4, -0.2) is 20.9 Å². The molecule has 88 valence electrons. The number of carbonyl (C=O) groups is 1. The largest absolute Gasteiger partial charge is 0.478 e. The van der Waals surface area contributed by atoms with E-state index in [0.29, 0.717) is 11.5 Å². The molecular weight excluding hydrogens is 284 g/mol. The Bertz CT molecular complexity index is 602. The highest BCUT2D eigenvalue weighted by molar-refractivity contribution is 9.10. The maximum atomic E-state index is 11.0. The fraction of sp³-hybridized carbons (Fsp3) is 0.333. The number of hydrogen-bond acceptors (Lipinski definition) is 2. The van der Waals surface area contributed by atoms with Crippen molar-refractivity contribution in [1.82, 2.24) is 9.78 Å². The second-order valence-corrected chi connectivity index (χ2v) is 5.32. The Morgan fingerprint density at radius 1 is 1.53 bits per heavy atom. The molecule has 3 rings (SSSR count). The molecule has 1 aromatic heterocycles. The summed E-state index contributed by atoms with van der Waals surface area (Å²) in [5.74, 6) is -0.197. The summed E-state index contributed by atoms with van der Waals surface area (Å²) in [7, 11) is 0. The van der Waals surface area contributed by atoms with Crippen molar-refractivity contribution in [2.45, 2.75) is 19.4 Å². The van der Waals surface area contributed by atoms with E-state index < -0.39 is 5.97 Å². The Balaban J connectivity index is 2.14. The molecule has 1 aliphatic rings. The molecule has 0 aliphatic heterocycles. The van der Waals surface area contributed by atoms with Crippen LogP contribution in [0.2, 0.25) is 0 Å². The molecule has 1 aliphatic carbocycles. The molecule has 0 bridgehead atoms. The summed E-state index contributed by atoms with van der Waals surface area (Å²) < 4.78 is 2.69. The summed E-state index contributed by atoms with van der Waals surface area (Å²) >= 11 is 3.39. The second kappa shape index (κ2) is 3.84. The van der Waals surface area contributed by atoms with Gasteiger partial charge in [-0.25, -0.2) is 4.79 Å². The van der Waals surface area contributed by atoms with Crippen molar-refractivity contribution >= 4 is 32.8 Å². The minimum absolute atomic E-state index is 0.293. The van der Waals surface area contributed by atoms with Crippen LogP contribution in [0.1, 0.15) is 23.2 Å². The topological polar surface area (TPSA) is 55.1 Å². The van der Waals surface area contributed by atoms with Crippen LogP contribution in [-0.2, 0) is 6.54 Å². The SMILES string of the molecule is O=C(O)c1cc(Br)c2cnn(CC3CC3)c2c1. The normalized spacial score (nSPS) is 15.4. The standard InChI is InChI=1S/C12H11BrN2O2/c13-10-3-8(12(16)17)4-11-9(10)5-14-15(11)6-7-1-2-7/h3-5,7H,1-2,6H2,(H,16,17). The van der Waals surface area contributed by atoms with Crippen molar-refractivity contribution in [2.24, 2.45) is 5.92 Å². The maximum absolute atomic E-state index is 11.0. The summed E-state index contributed by atoms with van der Waals surface area (Å²) in [5, 5.41) is 14.3. The first kappa shape index (κ1) is 10.8. The predicted molar refractivity (Wildman–Crippen MR) is 67.1 cm³/mol. The molecule has 0 atom stereocenters. The fourth-order valence-corrected chi connectivity index (χ4v) is 2.50. The zero-order valence-electron chi connectivity index (χ0n) is 9.06. The Morgan fingerprint density at radius 2 is 2.29 bits per heavy atom. The highest BCUT2D eigenvalue weighted by atomic mass is 79.9. The maximum Gasteiger partial charge on any atom is 0.335 e. The lowest BCUT2D eigenvalue weighted by Gasteiger charge is -2.03. The van der Waals surface area contributed by atoms with Crippen molar-refractivity contribution in [3.63, 3.8) is 0 Å². The molecule has 1 aromatic carbocycles. The molecule has 4 nitrogen and oxygen atoms in total. The number of fused-ring (bicyclic) bond motifs is 1. The number of benzene rings is 1. The number of aromatic nitrogens is 2. The predicted octanol–water partition coefficient (Wildman–Crippen LogP) is 2.91. The number of carboxylic acid groups (broad SMARTS) is 1. The minimum Gasteiger partial charge on any atom is -0.478 e. The first-order valence-corrected chi connectivity index (χ1v) is 6.33. The van der Waals surface area contributed by atoms with Crippen LogP contribution >= 0.6 is 15.9 Å². The van der Waals surface area contributed by atoms with Crippen molar-refractivity contribution in [2.75, 3.05) is 0 Å². The van der Waals surface area contributed by atoms with E-state index >= 15 is 0 Å². The molecule has 0 unspecified atom stereocenters. The van der Waals surface area contributed by atoms with Crippen molar-refractivity contribution in [3.05, 3.63) is 28.4 Å². The molecule has 1 fully saturated rings. The van der Waals surface area contributed by atoms with Crippen LogP contribution in [0.5, 0.6) is 0 Å². The summed E-state index contributed by atoms with van der Waals surface area (Å²) in [6.07, 6.45) is 4.29. The number of nitrogens with zero attached hydrogens (tertiary/aromatic N) is 2. The number of hydrogen-bond donors (Lipinski definition) is 1. The van der Waals surface area contributed by atoms with Crippen LogP contribution in [0.3, 0.4) is 0 Å². The van der Waals surface area contributed by atoms with Gasteiger partial charge in [0.15, 0.2) is 0 Å². The molecule has 1 heterocycles. The van der Waals surface area contributed by atoms with Gasteiger partial charge in [0, 0.05) is 16.4 Å². The van der Waals surface area contributed by atoms with Gasteiger partial charge in [0.25, 0.3) is 0 Å². The summed E-state index contributed by atoms with van der Waals surface area (Å²) in [4.78, 5) is 11.0. The zero-order valence-corrected chi connectivity index (χ0v) is 10.6. The molecule has 5 heteroatoms. The van der Waals surface area contributed by atoms with Crippen LogP contribution in [0.15, 0.2) is 22.8 Å². The zero-order chi connectivity index (χ0) is 12.0. The number of carboxylic acids is 1. The third-order valence-corrected chi connectivity index (χ3v) is 3.74. The molecule has 1 N–H and O–H groups in total. The van der Waals surface area contributed by atoms with Gasteiger partial charge in [0.05, 0.1) is 17.3 Å². The minimum atomic E-state index is -0.910. The van der Waals surface area contributed by atoms with Gasteiger partial charge in [-0.1, -0.05) is 15.9 Å². The van der Waals surface area contributed by atoms with Gasteiger partial charge in [-0.15, -0.1) is 0 Å². The molecule has 0 amide bonds. The molecule has 0 saturated heterocycles. The highest BCUT2D eigenvalue weighted by Gasteiger charge is 2.23. The molecule has 2 aromatic rings. The van der Waals surface area contributed by atoms with E-state index in [1.165, 1.54) is 12.8 Å². The second-order valence-electron chi connectivity index (χ2n) is 4.47. The van der Waals surface area contributed by atoms with Crippen molar-refractivity contribution in [3.8, 4) is 0 Å². The van der Waals surface area contributed by atoms with Crippen LogP contribution in [0.4, 0.5) is 0 Å². The Morgan fingerprint density at radius 3 is 2.94 bits per heavy atom. The van der Waals surface area contributed by atoms with Crippen LogP contribution in [0.25, 0.3) is 10.9 Å². The molecule has 0 radical (unpaired) electrons. The summed E-state index contributed by atoms with van der Waals surface area (Å²) in [6, 6.07) is 3.31. The fourth-order valence-electron chi connectivity index (χ4n) is 1.95. The molecule has 1 saturated carbocycles. The monoisotopic (exact) mass is 294 g/mol. The van der Waals surface area contributed by atoms with E-state index in [-0.39, 0.29) is 0 Å². The first-order valence-electron chi connectivity index (χ1n) is 5.53. The lowest BCUT2D eigenvalue weighted by Crippen LogP contribution is -2.03. The molecular formula is C12H11BrN2O2. The summed E-state index contributed by atoms with van der Waals surface area (Å²) in [5.41, 5.74) is 1.19. The Kier molecular flexibility index (Phi) is 2.43. The number of rotatable bonds is 3. The third-order valence-electron chi connectivity index (χ3n) is 3.09. The highest BCUT2D eigenvalue weighted by Crippen LogP contribution is 2.33. The third kappa shape index (κ3) is 1.95. The Labute approximate surface area is 106 Å². The van der Waals surface area contributed by atoms with E-state index in [1.807, 2.05) is 4.68 Å². The number of aromatic carboxylic acids is 1. The molecule has 17 heavy (non-hydrogen) atoms. The van der Waals surface area contributed by atoms with Crippen molar-refractivity contribution in [1.29, 1.82) is 0 Å². The summed E-state index contributed by atoms with van der Waals surface area (Å²) in [6.45, 7) is 0.888. The van der Waals surface area contributed by atoms with Gasteiger partial charge < -0.3 is 5.11 Å². The van der Waals surface area contributed by atoms with Gasteiger partial charge in [-0.05, 0) is 30.9 Å². The van der Waals surface area contributed by atoms with E-state index in [1.54, 1.807) is 18.3 Å². The average Bonchev–Trinajstić information content (AvgIpc) is 2.99. The number of halogens is 1. The van der Waals surface area contributed by atoms with E-state index in [4.69, 9.17) is 5.11 Å². The van der Waals surface area contributed by atoms with Gasteiger partial charge in [0.2, 0.25) is 0 Å². The molecule has 0 spiro atoms. The average molecular weight is 295 g/mol. The van der Waals surface area contributed by atoms with Gasteiger partial charge in [-0.3, -0.25) is 4.68 Å². The van der Waals surface area contributed by atoms with Gasteiger partial charge >= 0.3 is 5.97 Å². The smallest absolute Gasteiger partial charge is 0.335 e.